The normalized spacial score (nSPS) is 17.6. The zero-order valence-corrected chi connectivity index (χ0v) is 15.3. The van der Waals surface area contributed by atoms with Crippen molar-refractivity contribution in [1.82, 2.24) is 5.32 Å². The maximum Gasteiger partial charge on any atom is 0.416 e. The molecular weight excluding hydrogens is 406 g/mol. The van der Waals surface area contributed by atoms with Gasteiger partial charge in [-0.15, -0.1) is 0 Å². The number of hydrogen-bond acceptors (Lipinski definition) is 2. The van der Waals surface area contributed by atoms with Crippen LogP contribution in [0.25, 0.3) is 0 Å². The van der Waals surface area contributed by atoms with E-state index < -0.39 is 23.5 Å². The van der Waals surface area contributed by atoms with Crippen molar-refractivity contribution in [2.24, 2.45) is 0 Å². The highest BCUT2D eigenvalue weighted by Gasteiger charge is 2.36. The topological polar surface area (TPSA) is 24.1 Å². The zero-order chi connectivity index (χ0) is 20.5. The van der Waals surface area contributed by atoms with Crippen LogP contribution in [-0.2, 0) is 18.9 Å². The van der Waals surface area contributed by atoms with Crippen LogP contribution in [0.3, 0.4) is 0 Å². The van der Waals surface area contributed by atoms with Gasteiger partial charge in [0.1, 0.15) is 0 Å². The van der Waals surface area contributed by atoms with Crippen molar-refractivity contribution in [2.45, 2.75) is 37.8 Å². The van der Waals surface area contributed by atoms with Gasteiger partial charge >= 0.3 is 12.4 Å². The van der Waals surface area contributed by atoms with Crippen LogP contribution in [0.2, 0.25) is 5.02 Å². The van der Waals surface area contributed by atoms with Gasteiger partial charge in [0.25, 0.3) is 0 Å². The van der Waals surface area contributed by atoms with E-state index in [-0.39, 0.29) is 24.2 Å². The molecule has 1 atom stereocenters. The van der Waals surface area contributed by atoms with E-state index in [4.69, 9.17) is 11.6 Å². The van der Waals surface area contributed by atoms with E-state index in [2.05, 4.69) is 10.6 Å². The Balaban J connectivity index is 1.86. The van der Waals surface area contributed by atoms with E-state index in [1.54, 1.807) is 18.2 Å². The lowest BCUT2D eigenvalue weighted by atomic mass is 10.0. The zero-order valence-electron chi connectivity index (χ0n) is 14.5. The molecule has 1 unspecified atom stereocenters. The number of anilines is 1. The summed E-state index contributed by atoms with van der Waals surface area (Å²) in [7, 11) is 0. The van der Waals surface area contributed by atoms with E-state index in [0.29, 0.717) is 18.0 Å². The number of rotatable bonds is 3. The summed E-state index contributed by atoms with van der Waals surface area (Å²) in [5, 5.41) is 6.86. The van der Waals surface area contributed by atoms with Gasteiger partial charge in [-0.1, -0.05) is 17.7 Å². The monoisotopic (exact) mass is 422 g/mol. The summed E-state index contributed by atoms with van der Waals surface area (Å²) < 4.78 is 78.1. The molecule has 28 heavy (non-hydrogen) atoms. The molecule has 0 spiro atoms. The minimum atomic E-state index is -4.86. The average Bonchev–Trinajstić information content (AvgIpc) is 2.79. The van der Waals surface area contributed by atoms with Gasteiger partial charge in [0, 0.05) is 29.8 Å². The third-order valence-corrected chi connectivity index (χ3v) is 4.81. The first kappa shape index (κ1) is 20.8. The van der Waals surface area contributed by atoms with E-state index in [1.165, 1.54) is 0 Å². The van der Waals surface area contributed by atoms with Gasteiger partial charge in [0.15, 0.2) is 0 Å². The Hall–Kier alpha value is -1.93. The summed E-state index contributed by atoms with van der Waals surface area (Å²) in [5.41, 5.74) is -1.01. The number of hydrogen-bond donors (Lipinski definition) is 2. The third-order valence-electron chi connectivity index (χ3n) is 4.58. The van der Waals surface area contributed by atoms with Gasteiger partial charge in [-0.25, -0.2) is 0 Å². The quantitative estimate of drug-likeness (QED) is 0.558. The van der Waals surface area contributed by atoms with Gasteiger partial charge in [0.2, 0.25) is 0 Å². The van der Waals surface area contributed by atoms with Crippen LogP contribution in [0.1, 0.15) is 41.1 Å². The molecule has 152 valence electrons. The Bertz CT molecular complexity index is 815. The van der Waals surface area contributed by atoms with E-state index in [0.717, 1.165) is 29.8 Å². The molecule has 9 heteroatoms. The molecule has 1 aliphatic heterocycles. The Labute approximate surface area is 162 Å². The van der Waals surface area contributed by atoms with E-state index in [9.17, 15) is 26.3 Å². The summed E-state index contributed by atoms with van der Waals surface area (Å²) in [4.78, 5) is 0. The maximum atomic E-state index is 13.0. The second-order valence-corrected chi connectivity index (χ2v) is 7.08. The molecule has 0 amide bonds. The summed E-state index contributed by atoms with van der Waals surface area (Å²) in [6.07, 6.45) is -8.23. The summed E-state index contributed by atoms with van der Waals surface area (Å²) in [6, 6.07) is 6.68. The van der Waals surface area contributed by atoms with Crippen molar-refractivity contribution in [2.75, 3.05) is 11.9 Å². The van der Waals surface area contributed by atoms with Crippen molar-refractivity contribution in [3.05, 3.63) is 63.7 Å². The molecule has 3 rings (SSSR count). The van der Waals surface area contributed by atoms with Crippen LogP contribution in [0, 0.1) is 0 Å². The molecule has 0 aliphatic carbocycles. The molecule has 2 aromatic carbocycles. The maximum absolute atomic E-state index is 13.0. The smallest absolute Gasteiger partial charge is 0.385 e. The molecular formula is C19H17ClF6N2. The minimum absolute atomic E-state index is 0.0742. The Morgan fingerprint density at radius 3 is 2.21 bits per heavy atom. The fraction of sp³-hybridized carbons (Fsp3) is 0.368. The largest absolute Gasteiger partial charge is 0.416 e. The highest BCUT2D eigenvalue weighted by atomic mass is 35.5. The summed E-state index contributed by atoms with van der Waals surface area (Å²) in [5.74, 6) is 0. The first-order chi connectivity index (χ1) is 13.0. The van der Waals surface area contributed by atoms with Crippen molar-refractivity contribution in [3.8, 4) is 0 Å². The molecule has 1 heterocycles. The predicted molar refractivity (Wildman–Crippen MR) is 95.2 cm³/mol. The van der Waals surface area contributed by atoms with Crippen molar-refractivity contribution < 1.29 is 26.3 Å². The van der Waals surface area contributed by atoms with Crippen molar-refractivity contribution in [1.29, 1.82) is 0 Å². The minimum Gasteiger partial charge on any atom is -0.385 e. The predicted octanol–water partition coefficient (Wildman–Crippen LogP) is 6.41. The van der Waals surface area contributed by atoms with Gasteiger partial charge in [-0.05, 0) is 54.3 Å². The van der Waals surface area contributed by atoms with Crippen molar-refractivity contribution in [3.63, 3.8) is 0 Å². The molecule has 0 radical (unpaired) electrons. The number of nitrogens with one attached hydrogen (secondary N) is 2. The fourth-order valence-corrected chi connectivity index (χ4v) is 3.42. The molecule has 0 aromatic heterocycles. The van der Waals surface area contributed by atoms with Gasteiger partial charge in [-0.3, -0.25) is 0 Å². The lowest BCUT2D eigenvalue weighted by molar-refractivity contribution is -0.143. The highest BCUT2D eigenvalue weighted by molar-refractivity contribution is 6.30. The summed E-state index contributed by atoms with van der Waals surface area (Å²) >= 11 is 6.00. The molecule has 2 nitrogen and oxygen atoms in total. The highest BCUT2D eigenvalue weighted by Crippen LogP contribution is 2.37. The third kappa shape index (κ3) is 4.91. The van der Waals surface area contributed by atoms with Gasteiger partial charge in [0.05, 0.1) is 11.1 Å². The summed E-state index contributed by atoms with van der Waals surface area (Å²) in [6.45, 7) is 0.576. The molecule has 2 N–H and O–H groups in total. The molecule has 0 fully saturated rings. The van der Waals surface area contributed by atoms with Gasteiger partial charge < -0.3 is 10.6 Å². The van der Waals surface area contributed by atoms with Gasteiger partial charge in [-0.2, -0.15) is 26.3 Å². The standard InChI is InChI=1S/C19H17ClF6N2/c20-14-3-4-15-16(2-1-5-27-17(15)9-14)28-10-11-6-12(18(21,22)23)8-13(7-11)19(24,25)26/h3-4,6-9,16,27-28H,1-2,5,10H2. The number of fused-ring (bicyclic) bond motifs is 1. The van der Waals surface area contributed by atoms with Crippen LogP contribution in [0.5, 0.6) is 0 Å². The number of benzene rings is 2. The lowest BCUT2D eigenvalue weighted by Gasteiger charge is -2.20. The first-order valence-electron chi connectivity index (χ1n) is 8.59. The molecule has 0 saturated heterocycles. The molecule has 1 aliphatic rings. The van der Waals surface area contributed by atoms with Crippen LogP contribution in [0.4, 0.5) is 32.0 Å². The van der Waals surface area contributed by atoms with E-state index >= 15 is 0 Å². The number of halogens is 7. The molecule has 0 bridgehead atoms. The van der Waals surface area contributed by atoms with E-state index in [1.807, 2.05) is 0 Å². The SMILES string of the molecule is FC(F)(F)c1cc(CNC2CCCNc3cc(Cl)ccc32)cc(C(F)(F)F)c1. The average molecular weight is 423 g/mol. The van der Waals surface area contributed by atoms with Crippen LogP contribution >= 0.6 is 11.6 Å². The Morgan fingerprint density at radius 2 is 1.61 bits per heavy atom. The molecule has 0 saturated carbocycles. The fourth-order valence-electron chi connectivity index (χ4n) is 3.24. The van der Waals surface area contributed by atoms with Crippen LogP contribution in [-0.4, -0.2) is 6.54 Å². The number of alkyl halides is 6. The second kappa shape index (κ2) is 7.83. The van der Waals surface area contributed by atoms with Crippen LogP contribution < -0.4 is 10.6 Å². The molecule has 2 aromatic rings. The van der Waals surface area contributed by atoms with Crippen molar-refractivity contribution >= 4 is 17.3 Å². The Morgan fingerprint density at radius 1 is 0.964 bits per heavy atom. The first-order valence-corrected chi connectivity index (χ1v) is 8.97. The lowest BCUT2D eigenvalue weighted by Crippen LogP contribution is -2.21. The second-order valence-electron chi connectivity index (χ2n) is 6.65. The Kier molecular flexibility index (Phi) is 5.82. The van der Waals surface area contributed by atoms with Crippen LogP contribution in [0.15, 0.2) is 36.4 Å².